The molecule has 1 aromatic carbocycles. The molecule has 0 saturated carbocycles. The van der Waals surface area contributed by atoms with Gasteiger partial charge in [0, 0.05) is 12.6 Å². The van der Waals surface area contributed by atoms with Crippen molar-refractivity contribution in [3.8, 4) is 0 Å². The number of hydrogen-bond acceptors (Lipinski definition) is 7. The number of aryl methyl sites for hydroxylation is 2. The Kier molecular flexibility index (Phi) is 5.81. The normalized spacial score (nSPS) is 12.7. The van der Waals surface area contributed by atoms with Gasteiger partial charge in [0.25, 0.3) is 5.56 Å². The van der Waals surface area contributed by atoms with Crippen LogP contribution in [-0.4, -0.2) is 35.5 Å². The Morgan fingerprint density at radius 1 is 1.23 bits per heavy atom. The van der Waals surface area contributed by atoms with Crippen LogP contribution in [-0.2, 0) is 11.3 Å². The van der Waals surface area contributed by atoms with Crippen LogP contribution in [0.25, 0.3) is 16.7 Å². The number of nitrogens with one attached hydrogen (secondary N) is 1. The number of aromatic nitrogens is 5. The molecule has 0 saturated heterocycles. The predicted octanol–water partition coefficient (Wildman–Crippen LogP) is 3.51. The minimum atomic E-state index is -0.479. The Hall–Kier alpha value is -3.14. The minimum Gasteiger partial charge on any atom is -0.338 e. The lowest BCUT2D eigenvalue weighted by atomic mass is 10.1. The third-order valence-electron chi connectivity index (χ3n) is 4.93. The second-order valence-corrected chi connectivity index (χ2v) is 9.16. The van der Waals surface area contributed by atoms with Gasteiger partial charge in [-0.15, -0.1) is 10.2 Å². The number of hydrogen-bond donors (Lipinski definition) is 1. The van der Waals surface area contributed by atoms with Crippen LogP contribution in [0.15, 0.2) is 44.8 Å². The molecule has 162 valence electrons. The maximum atomic E-state index is 13.1. The van der Waals surface area contributed by atoms with Crippen molar-refractivity contribution in [1.82, 2.24) is 24.3 Å². The van der Waals surface area contributed by atoms with Crippen LogP contribution in [0.3, 0.4) is 0 Å². The summed E-state index contributed by atoms with van der Waals surface area (Å²) in [6.45, 7) is 8.34. The van der Waals surface area contributed by atoms with Gasteiger partial charge in [-0.25, -0.2) is 0 Å². The van der Waals surface area contributed by atoms with Crippen LogP contribution in [0.4, 0.5) is 5.88 Å². The Morgan fingerprint density at radius 3 is 2.71 bits per heavy atom. The molecule has 0 bridgehead atoms. The van der Waals surface area contributed by atoms with E-state index < -0.39 is 5.25 Å². The summed E-state index contributed by atoms with van der Waals surface area (Å²) < 4.78 is 8.58. The van der Waals surface area contributed by atoms with Crippen molar-refractivity contribution in [2.75, 3.05) is 5.32 Å². The zero-order valence-corrected chi connectivity index (χ0v) is 18.6. The molecule has 9 nitrogen and oxygen atoms in total. The first-order valence-corrected chi connectivity index (χ1v) is 11.0. The number of benzene rings is 1. The van der Waals surface area contributed by atoms with Crippen molar-refractivity contribution in [2.45, 2.75) is 51.1 Å². The third kappa shape index (κ3) is 4.20. The molecule has 0 aliphatic heterocycles. The summed E-state index contributed by atoms with van der Waals surface area (Å²) in [5.41, 5.74) is 1.32. The summed E-state index contributed by atoms with van der Waals surface area (Å²) in [7, 11) is 0. The van der Waals surface area contributed by atoms with E-state index in [-0.39, 0.29) is 11.5 Å². The number of anilines is 1. The van der Waals surface area contributed by atoms with E-state index in [0.29, 0.717) is 45.9 Å². The fourth-order valence-corrected chi connectivity index (χ4v) is 4.11. The highest BCUT2D eigenvalue weighted by atomic mass is 32.2. The fraction of sp³-hybridized carbons (Fsp3) is 0.381. The highest BCUT2D eigenvalue weighted by Gasteiger charge is 2.22. The van der Waals surface area contributed by atoms with E-state index in [9.17, 15) is 9.59 Å². The molecule has 3 aromatic heterocycles. The number of carbonyl (C=O) groups is 1. The van der Waals surface area contributed by atoms with E-state index in [1.54, 1.807) is 30.5 Å². The molecule has 1 unspecified atom stereocenters. The zero-order valence-electron chi connectivity index (χ0n) is 17.8. The Labute approximate surface area is 182 Å². The molecule has 1 N–H and O–H groups in total. The van der Waals surface area contributed by atoms with Gasteiger partial charge < -0.3 is 4.52 Å². The monoisotopic (exact) mass is 440 g/mol. The van der Waals surface area contributed by atoms with Crippen molar-refractivity contribution in [3.05, 3.63) is 46.4 Å². The average Bonchev–Trinajstić information content (AvgIpc) is 3.34. The van der Waals surface area contributed by atoms with Crippen LogP contribution in [0.5, 0.6) is 0 Å². The number of amides is 1. The number of nitrogens with zero attached hydrogens (tertiary/aromatic N) is 5. The summed E-state index contributed by atoms with van der Waals surface area (Å²) in [6, 6.07) is 9.04. The summed E-state index contributed by atoms with van der Waals surface area (Å²) in [5.74, 6) is 0.980. The maximum absolute atomic E-state index is 13.1. The number of fused-ring (bicyclic) bond motifs is 3. The minimum absolute atomic E-state index is 0.0841. The lowest BCUT2D eigenvalue weighted by molar-refractivity contribution is -0.115. The molecule has 0 spiro atoms. The Balaban J connectivity index is 1.71. The number of rotatable bonds is 7. The van der Waals surface area contributed by atoms with E-state index >= 15 is 0 Å². The van der Waals surface area contributed by atoms with E-state index in [1.807, 2.05) is 22.6 Å². The largest absolute Gasteiger partial charge is 0.338 e. The molecule has 10 heteroatoms. The molecule has 0 aliphatic rings. The van der Waals surface area contributed by atoms with Gasteiger partial charge in [-0.2, -0.15) is 0 Å². The number of carbonyl (C=O) groups excluding carboxylic acids is 1. The van der Waals surface area contributed by atoms with Crippen molar-refractivity contribution in [3.63, 3.8) is 0 Å². The molecule has 4 rings (SSSR count). The second kappa shape index (κ2) is 8.54. The molecule has 0 fully saturated rings. The van der Waals surface area contributed by atoms with Crippen LogP contribution in [0.1, 0.15) is 32.9 Å². The standard InChI is InChI=1S/C21H24N6O3S/c1-12(2)9-10-26-19(29)15-7-5-6-8-16(15)27-20(26)23-24-21(27)31-14(4)18(28)22-17-11-13(3)25-30-17/h5-8,11-12,14H,9-10H2,1-4H3,(H,22,28). The summed E-state index contributed by atoms with van der Waals surface area (Å²) >= 11 is 1.27. The first kappa shape index (κ1) is 21.1. The van der Waals surface area contributed by atoms with Gasteiger partial charge in [-0.05, 0) is 38.3 Å². The van der Waals surface area contributed by atoms with Gasteiger partial charge in [0.1, 0.15) is 0 Å². The van der Waals surface area contributed by atoms with Crippen LogP contribution in [0.2, 0.25) is 0 Å². The van der Waals surface area contributed by atoms with E-state index in [0.717, 1.165) is 6.42 Å². The molecular weight excluding hydrogens is 416 g/mol. The van der Waals surface area contributed by atoms with Gasteiger partial charge in [0.15, 0.2) is 5.16 Å². The smallest absolute Gasteiger partial charge is 0.262 e. The van der Waals surface area contributed by atoms with Gasteiger partial charge in [-0.1, -0.05) is 42.9 Å². The molecule has 0 radical (unpaired) electrons. The zero-order chi connectivity index (χ0) is 22.1. The fourth-order valence-electron chi connectivity index (χ4n) is 3.26. The summed E-state index contributed by atoms with van der Waals surface area (Å²) in [5, 5.41) is 15.8. The molecule has 3 heterocycles. The Morgan fingerprint density at radius 2 is 2.00 bits per heavy atom. The third-order valence-corrected chi connectivity index (χ3v) is 5.98. The lowest BCUT2D eigenvalue weighted by Gasteiger charge is -2.13. The summed E-state index contributed by atoms with van der Waals surface area (Å²) in [6.07, 6.45) is 0.846. The average molecular weight is 441 g/mol. The predicted molar refractivity (Wildman–Crippen MR) is 119 cm³/mol. The molecule has 0 aliphatic carbocycles. The van der Waals surface area contributed by atoms with E-state index in [2.05, 4.69) is 34.5 Å². The van der Waals surface area contributed by atoms with Gasteiger partial charge >= 0.3 is 0 Å². The van der Waals surface area contributed by atoms with Gasteiger partial charge in [-0.3, -0.25) is 23.9 Å². The van der Waals surface area contributed by atoms with E-state index in [4.69, 9.17) is 4.52 Å². The SMILES string of the molecule is Cc1cc(NC(=O)C(C)Sc2nnc3n(CCC(C)C)c(=O)c4ccccc4n23)on1. The lowest BCUT2D eigenvalue weighted by Crippen LogP contribution is -2.24. The topological polar surface area (TPSA) is 107 Å². The van der Waals surface area contributed by atoms with Gasteiger partial charge in [0.2, 0.25) is 17.6 Å². The summed E-state index contributed by atoms with van der Waals surface area (Å²) in [4.78, 5) is 25.7. The van der Waals surface area contributed by atoms with Crippen molar-refractivity contribution >= 4 is 40.2 Å². The quantitative estimate of drug-likeness (QED) is 0.438. The van der Waals surface area contributed by atoms with Crippen LogP contribution in [0, 0.1) is 12.8 Å². The Bertz CT molecular complexity index is 1310. The van der Waals surface area contributed by atoms with Crippen LogP contribution < -0.4 is 10.9 Å². The van der Waals surface area contributed by atoms with Gasteiger partial charge in [0.05, 0.1) is 21.8 Å². The molecule has 4 aromatic rings. The highest BCUT2D eigenvalue weighted by Crippen LogP contribution is 2.26. The molecular formula is C21H24N6O3S. The van der Waals surface area contributed by atoms with E-state index in [1.165, 1.54) is 11.8 Å². The maximum Gasteiger partial charge on any atom is 0.262 e. The van der Waals surface area contributed by atoms with Crippen molar-refractivity contribution < 1.29 is 9.32 Å². The first-order valence-electron chi connectivity index (χ1n) is 10.1. The van der Waals surface area contributed by atoms with Crippen molar-refractivity contribution in [1.29, 1.82) is 0 Å². The van der Waals surface area contributed by atoms with Crippen molar-refractivity contribution in [2.24, 2.45) is 5.92 Å². The number of thioether (sulfide) groups is 1. The number of para-hydroxylation sites is 1. The first-order chi connectivity index (χ1) is 14.8. The second-order valence-electron chi connectivity index (χ2n) is 7.86. The van der Waals surface area contributed by atoms with Crippen LogP contribution >= 0.6 is 11.8 Å². The molecule has 1 atom stereocenters. The molecule has 1 amide bonds. The molecule has 31 heavy (non-hydrogen) atoms. The highest BCUT2D eigenvalue weighted by molar-refractivity contribution is 8.00.